The normalized spacial score (nSPS) is 24.4. The number of carbonyl (C=O) groups excluding carboxylic acids is 1. The minimum absolute atomic E-state index is 0.0791. The van der Waals surface area contributed by atoms with E-state index < -0.39 is 0 Å². The van der Waals surface area contributed by atoms with Gasteiger partial charge in [-0.1, -0.05) is 17.3 Å². The Bertz CT molecular complexity index is 763. The summed E-state index contributed by atoms with van der Waals surface area (Å²) in [6.45, 7) is 2.67. The maximum Gasteiger partial charge on any atom is 0.255 e. The maximum atomic E-state index is 12.7. The summed E-state index contributed by atoms with van der Waals surface area (Å²) in [6, 6.07) is 7.28. The van der Waals surface area contributed by atoms with Crippen molar-refractivity contribution in [3.05, 3.63) is 41.5 Å². The smallest absolute Gasteiger partial charge is 0.255 e. The van der Waals surface area contributed by atoms with Crippen LogP contribution in [0.4, 0.5) is 0 Å². The van der Waals surface area contributed by atoms with E-state index in [1.807, 2.05) is 12.1 Å². The number of para-hydroxylation sites is 1. The number of aryl methyl sites for hydroxylation is 1. The predicted molar refractivity (Wildman–Crippen MR) is 91.2 cm³/mol. The van der Waals surface area contributed by atoms with Crippen LogP contribution in [0.1, 0.15) is 54.2 Å². The van der Waals surface area contributed by atoms with Gasteiger partial charge in [-0.05, 0) is 55.6 Å². The quantitative estimate of drug-likeness (QED) is 0.872. The fourth-order valence-electron chi connectivity index (χ4n) is 4.24. The molecule has 2 fully saturated rings. The molecule has 2 aliphatic carbocycles. The van der Waals surface area contributed by atoms with Gasteiger partial charge in [0, 0.05) is 13.5 Å². The largest absolute Gasteiger partial charge is 0.485 e. The number of hydrogen-bond acceptors (Lipinski definition) is 5. The van der Waals surface area contributed by atoms with Gasteiger partial charge in [-0.2, -0.15) is 4.98 Å². The first kappa shape index (κ1) is 16.1. The zero-order chi connectivity index (χ0) is 17.3. The molecular formula is C19H23N3O3. The molecule has 2 saturated carbocycles. The predicted octanol–water partition coefficient (Wildman–Crippen LogP) is 3.27. The molecule has 0 spiro atoms. The summed E-state index contributed by atoms with van der Waals surface area (Å²) in [7, 11) is 0. The van der Waals surface area contributed by atoms with Crippen molar-refractivity contribution >= 4 is 5.91 Å². The Morgan fingerprint density at radius 3 is 2.84 bits per heavy atom. The van der Waals surface area contributed by atoms with Crippen LogP contribution in [0.15, 0.2) is 28.8 Å². The molecule has 6 heteroatoms. The summed E-state index contributed by atoms with van der Waals surface area (Å²) in [5.41, 5.74) is 0.879. The highest BCUT2D eigenvalue weighted by Crippen LogP contribution is 2.53. The first-order valence-corrected chi connectivity index (χ1v) is 8.93. The Hall–Kier alpha value is -2.37. The van der Waals surface area contributed by atoms with Gasteiger partial charge in [0.15, 0.2) is 6.61 Å². The van der Waals surface area contributed by atoms with Gasteiger partial charge in [-0.15, -0.1) is 0 Å². The topological polar surface area (TPSA) is 77.2 Å². The van der Waals surface area contributed by atoms with Crippen molar-refractivity contribution in [1.29, 1.82) is 0 Å². The highest BCUT2D eigenvalue weighted by atomic mass is 16.5. The van der Waals surface area contributed by atoms with Gasteiger partial charge in [0.05, 0.1) is 5.56 Å². The van der Waals surface area contributed by atoms with E-state index in [0.717, 1.165) is 12.5 Å². The van der Waals surface area contributed by atoms with Crippen LogP contribution < -0.4 is 10.1 Å². The number of carbonyl (C=O) groups is 1. The van der Waals surface area contributed by atoms with E-state index in [0.29, 0.717) is 28.4 Å². The number of ether oxygens (including phenoxy) is 1. The fourth-order valence-corrected chi connectivity index (χ4v) is 4.24. The Balaban J connectivity index is 1.40. The van der Waals surface area contributed by atoms with Crippen molar-refractivity contribution in [2.24, 2.45) is 11.3 Å². The highest BCUT2D eigenvalue weighted by molar-refractivity contribution is 5.96. The molecule has 0 unspecified atom stereocenters. The lowest BCUT2D eigenvalue weighted by Crippen LogP contribution is -2.35. The lowest BCUT2D eigenvalue weighted by atomic mass is 9.84. The number of nitrogens with one attached hydrogen (secondary N) is 1. The average molecular weight is 341 g/mol. The Morgan fingerprint density at radius 1 is 1.36 bits per heavy atom. The van der Waals surface area contributed by atoms with E-state index in [1.54, 1.807) is 19.1 Å². The highest BCUT2D eigenvalue weighted by Gasteiger charge is 2.44. The summed E-state index contributed by atoms with van der Waals surface area (Å²) in [6.07, 6.45) is 6.39. The van der Waals surface area contributed by atoms with Gasteiger partial charge >= 0.3 is 0 Å². The van der Waals surface area contributed by atoms with Crippen molar-refractivity contribution in [3.8, 4) is 5.75 Å². The molecule has 1 aromatic carbocycles. The lowest BCUT2D eigenvalue weighted by Gasteiger charge is -2.26. The molecule has 2 bridgehead atoms. The summed E-state index contributed by atoms with van der Waals surface area (Å²) >= 11 is 0. The fraction of sp³-hybridized carbons (Fsp3) is 0.526. The number of benzene rings is 1. The molecule has 1 heterocycles. The van der Waals surface area contributed by atoms with Gasteiger partial charge in [0.2, 0.25) is 11.7 Å². The van der Waals surface area contributed by atoms with E-state index in [1.165, 1.54) is 32.1 Å². The second-order valence-electron chi connectivity index (χ2n) is 7.34. The van der Waals surface area contributed by atoms with Crippen LogP contribution in [0.2, 0.25) is 0 Å². The molecule has 2 aromatic rings. The Kier molecular flexibility index (Phi) is 4.19. The SMILES string of the molecule is Cc1nc(COc2ccccc2C(=O)NCC23CCC(CC2)C3)no1. The lowest BCUT2D eigenvalue weighted by molar-refractivity contribution is 0.0926. The summed E-state index contributed by atoms with van der Waals surface area (Å²) < 4.78 is 10.7. The van der Waals surface area contributed by atoms with Crippen LogP contribution in [0.5, 0.6) is 5.75 Å². The number of aromatic nitrogens is 2. The number of hydrogen-bond donors (Lipinski definition) is 1. The third-order valence-electron chi connectivity index (χ3n) is 5.57. The zero-order valence-electron chi connectivity index (χ0n) is 14.5. The molecule has 1 amide bonds. The van der Waals surface area contributed by atoms with E-state index in [9.17, 15) is 4.79 Å². The summed E-state index contributed by atoms with van der Waals surface area (Å²) in [5, 5.41) is 6.94. The van der Waals surface area contributed by atoms with Gasteiger partial charge in [-0.25, -0.2) is 0 Å². The van der Waals surface area contributed by atoms with Gasteiger partial charge < -0.3 is 14.6 Å². The monoisotopic (exact) mass is 341 g/mol. The zero-order valence-corrected chi connectivity index (χ0v) is 14.5. The molecule has 1 N–H and O–H groups in total. The minimum Gasteiger partial charge on any atom is -0.485 e. The van der Waals surface area contributed by atoms with Crippen molar-refractivity contribution in [2.75, 3.05) is 6.54 Å². The van der Waals surface area contributed by atoms with Crippen LogP contribution >= 0.6 is 0 Å². The van der Waals surface area contributed by atoms with Crippen LogP contribution in [-0.2, 0) is 6.61 Å². The Morgan fingerprint density at radius 2 is 2.16 bits per heavy atom. The number of amides is 1. The first-order chi connectivity index (χ1) is 12.1. The van der Waals surface area contributed by atoms with E-state index >= 15 is 0 Å². The van der Waals surface area contributed by atoms with Gasteiger partial charge in [0.1, 0.15) is 5.75 Å². The standard InChI is InChI=1S/C19H23N3O3/c1-13-21-17(22-25-13)11-24-16-5-3-2-4-15(16)18(23)20-12-19-8-6-14(10-19)7-9-19/h2-5,14H,6-12H2,1H3,(H,20,23). The molecule has 0 aliphatic heterocycles. The van der Waals surface area contributed by atoms with Crippen molar-refractivity contribution in [2.45, 2.75) is 45.6 Å². The van der Waals surface area contributed by atoms with Crippen LogP contribution in [-0.4, -0.2) is 22.6 Å². The van der Waals surface area contributed by atoms with E-state index in [-0.39, 0.29) is 12.5 Å². The van der Waals surface area contributed by atoms with Crippen molar-refractivity contribution < 1.29 is 14.1 Å². The van der Waals surface area contributed by atoms with Crippen LogP contribution in [0.25, 0.3) is 0 Å². The third kappa shape index (κ3) is 3.38. The molecule has 0 radical (unpaired) electrons. The average Bonchev–Trinajstić information content (AvgIpc) is 3.34. The summed E-state index contributed by atoms with van der Waals surface area (Å²) in [4.78, 5) is 16.8. The van der Waals surface area contributed by atoms with Crippen LogP contribution in [0, 0.1) is 18.3 Å². The molecule has 6 nitrogen and oxygen atoms in total. The summed E-state index contributed by atoms with van der Waals surface area (Å²) in [5.74, 6) is 2.30. The van der Waals surface area contributed by atoms with E-state index in [4.69, 9.17) is 9.26 Å². The van der Waals surface area contributed by atoms with Crippen molar-refractivity contribution in [3.63, 3.8) is 0 Å². The molecule has 132 valence electrons. The number of nitrogens with zero attached hydrogens (tertiary/aromatic N) is 2. The molecular weight excluding hydrogens is 318 g/mol. The second kappa shape index (κ2) is 6.50. The number of rotatable bonds is 6. The first-order valence-electron chi connectivity index (χ1n) is 8.93. The minimum atomic E-state index is -0.0791. The molecule has 2 aliphatic rings. The molecule has 0 saturated heterocycles. The number of fused-ring (bicyclic) bond motifs is 2. The van der Waals surface area contributed by atoms with Gasteiger partial charge in [0.25, 0.3) is 5.91 Å². The van der Waals surface area contributed by atoms with Crippen molar-refractivity contribution in [1.82, 2.24) is 15.5 Å². The second-order valence-corrected chi connectivity index (χ2v) is 7.34. The Labute approximate surface area is 147 Å². The molecule has 0 atom stereocenters. The molecule has 4 rings (SSSR count). The molecule has 25 heavy (non-hydrogen) atoms. The van der Waals surface area contributed by atoms with Crippen LogP contribution in [0.3, 0.4) is 0 Å². The third-order valence-corrected chi connectivity index (χ3v) is 5.57. The van der Waals surface area contributed by atoms with E-state index in [2.05, 4.69) is 15.5 Å². The molecule has 1 aromatic heterocycles. The van der Waals surface area contributed by atoms with Gasteiger partial charge in [-0.3, -0.25) is 4.79 Å². The maximum absolute atomic E-state index is 12.7.